The van der Waals surface area contributed by atoms with E-state index >= 15 is 0 Å². The first-order valence-electron chi connectivity index (χ1n) is 17.0. The van der Waals surface area contributed by atoms with Crippen molar-refractivity contribution in [1.29, 1.82) is 0 Å². The average molecular weight is 662 g/mol. The number of fused-ring (bicyclic) bond motifs is 4. The van der Waals surface area contributed by atoms with Gasteiger partial charge in [0.2, 0.25) is 5.91 Å². The lowest BCUT2D eigenvalue weighted by molar-refractivity contribution is -0.150. The minimum Gasteiger partial charge on any atom is -0.336 e. The van der Waals surface area contributed by atoms with E-state index in [1.54, 1.807) is 0 Å². The van der Waals surface area contributed by atoms with E-state index in [1.807, 2.05) is 4.90 Å². The molecule has 1 amide bonds. The number of rotatable bonds is 9. The van der Waals surface area contributed by atoms with Gasteiger partial charge in [-0.1, -0.05) is 0 Å². The van der Waals surface area contributed by atoms with E-state index in [9.17, 15) is 35.9 Å². The van der Waals surface area contributed by atoms with Gasteiger partial charge in [0.25, 0.3) is 0 Å². The molecule has 254 valence electrons. The van der Waals surface area contributed by atoms with E-state index in [4.69, 9.17) is 11.5 Å². The van der Waals surface area contributed by atoms with E-state index < -0.39 is 52.4 Å². The number of halogens is 6. The summed E-state index contributed by atoms with van der Waals surface area (Å²) in [5, 5.41) is 0. The van der Waals surface area contributed by atoms with Crippen molar-refractivity contribution in [2.24, 2.45) is 46.5 Å². The zero-order chi connectivity index (χ0) is 33.4. The van der Waals surface area contributed by atoms with Crippen LogP contribution in [0.4, 0.5) is 26.3 Å². The monoisotopic (exact) mass is 661 g/mol. The molecule has 2 saturated heterocycles. The molecule has 5 nitrogen and oxygen atoms in total. The molecular weight excluding hydrogens is 620 g/mol. The van der Waals surface area contributed by atoms with E-state index in [1.165, 1.54) is 0 Å². The highest BCUT2D eigenvalue weighted by atomic mass is 19.2. The third-order valence-corrected chi connectivity index (χ3v) is 12.4. The van der Waals surface area contributed by atoms with Gasteiger partial charge in [-0.15, -0.1) is 0 Å². The van der Waals surface area contributed by atoms with Gasteiger partial charge in [0.05, 0.1) is 0 Å². The predicted molar refractivity (Wildman–Crippen MR) is 161 cm³/mol. The number of piperidine rings is 1. The second-order valence-electron chi connectivity index (χ2n) is 15.1. The van der Waals surface area contributed by atoms with Crippen LogP contribution in [-0.2, 0) is 22.4 Å². The Balaban J connectivity index is 0.991. The Bertz CT molecular complexity index is 1440. The van der Waals surface area contributed by atoms with Crippen LogP contribution in [0.1, 0.15) is 75.3 Å². The van der Waals surface area contributed by atoms with Crippen LogP contribution in [0.2, 0.25) is 0 Å². The van der Waals surface area contributed by atoms with Crippen molar-refractivity contribution < 1.29 is 35.9 Å². The van der Waals surface area contributed by atoms with E-state index in [2.05, 4.69) is 0 Å². The minimum atomic E-state index is -1.24. The van der Waals surface area contributed by atoms with Gasteiger partial charge >= 0.3 is 0 Å². The average Bonchev–Trinajstić information content (AvgIpc) is 3.74. The predicted octanol–water partition coefficient (Wildman–Crippen LogP) is 6.13. The molecule has 4 N–H and O–H groups in total. The Morgan fingerprint density at radius 3 is 1.53 bits per heavy atom. The van der Waals surface area contributed by atoms with Gasteiger partial charge in [-0.2, -0.15) is 0 Å². The summed E-state index contributed by atoms with van der Waals surface area (Å²) >= 11 is 0. The summed E-state index contributed by atoms with van der Waals surface area (Å²) in [7, 11) is 0. The lowest BCUT2D eigenvalue weighted by atomic mass is 9.66. The molecule has 11 heteroatoms. The lowest BCUT2D eigenvalue weighted by Crippen LogP contribution is -2.54. The first kappa shape index (κ1) is 32.6. The quantitative estimate of drug-likeness (QED) is 0.192. The van der Waals surface area contributed by atoms with E-state index in [-0.39, 0.29) is 77.3 Å². The van der Waals surface area contributed by atoms with Crippen molar-refractivity contribution in [1.82, 2.24) is 4.90 Å². The molecule has 0 aromatic heterocycles. The Hall–Kier alpha value is -2.92. The molecule has 5 fully saturated rings. The fraction of sp³-hybridized carbons (Fsp3) is 0.611. The largest absolute Gasteiger partial charge is 0.336 e. The molecule has 2 aromatic rings. The van der Waals surface area contributed by atoms with Gasteiger partial charge in [0.1, 0.15) is 17.0 Å². The van der Waals surface area contributed by atoms with E-state index in [0.717, 1.165) is 37.8 Å². The first-order chi connectivity index (χ1) is 22.4. The minimum absolute atomic E-state index is 0.00822. The summed E-state index contributed by atoms with van der Waals surface area (Å²) < 4.78 is 83.0. The number of carbonyl (C=O) groups is 2. The van der Waals surface area contributed by atoms with Crippen LogP contribution < -0.4 is 11.5 Å². The van der Waals surface area contributed by atoms with Crippen molar-refractivity contribution in [2.75, 3.05) is 0 Å². The fourth-order valence-corrected chi connectivity index (χ4v) is 9.79. The number of amides is 1. The van der Waals surface area contributed by atoms with Gasteiger partial charge in [-0.3, -0.25) is 9.59 Å². The molecule has 0 spiro atoms. The Kier molecular flexibility index (Phi) is 8.47. The van der Waals surface area contributed by atoms with Crippen LogP contribution in [-0.4, -0.2) is 40.8 Å². The maximum Gasteiger partial charge on any atom is 0.236 e. The number of nitrogens with zero attached hydrogens (tertiary/aromatic N) is 1. The molecule has 7 rings (SSSR count). The molecule has 1 unspecified atom stereocenters. The maximum absolute atomic E-state index is 14.3. The van der Waals surface area contributed by atoms with Crippen molar-refractivity contribution in [3.63, 3.8) is 0 Å². The van der Waals surface area contributed by atoms with Gasteiger partial charge in [-0.05, 0) is 124 Å². The molecule has 3 aliphatic carbocycles. The van der Waals surface area contributed by atoms with Crippen LogP contribution >= 0.6 is 0 Å². The second kappa shape index (κ2) is 12.2. The summed E-state index contributed by atoms with van der Waals surface area (Å²) in [5.41, 5.74) is 12.1. The molecule has 2 aromatic carbocycles. The van der Waals surface area contributed by atoms with Gasteiger partial charge in [0, 0.05) is 42.2 Å². The molecule has 2 aliphatic heterocycles. The van der Waals surface area contributed by atoms with Crippen LogP contribution in [0.15, 0.2) is 24.3 Å². The summed E-state index contributed by atoms with van der Waals surface area (Å²) in [6.07, 6.45) is 7.13. The van der Waals surface area contributed by atoms with Gasteiger partial charge in [-0.25, -0.2) is 26.3 Å². The Morgan fingerprint density at radius 2 is 1.09 bits per heavy atom. The van der Waals surface area contributed by atoms with Gasteiger partial charge in [0.15, 0.2) is 29.1 Å². The number of carbonyl (C=O) groups excluding carboxylic acids is 2. The molecule has 47 heavy (non-hydrogen) atoms. The molecule has 0 radical (unpaired) electrons. The molecule has 9 atom stereocenters. The SMILES string of the molecule is N[C@H](Cc1cc(F)c(F)cc1F)[C@@H]1C[C@H]2CC[C@@H](C1)C2C(=O)C1(C(=O)N2[C@@H]3CC[C@H]2C[C@H]([C@H](N)Cc2cc(F)c(F)cc2F)C3)CC1. The molecule has 5 aliphatic rings. The standard InChI is InChI=1S/C36H41F6N3O2/c37-25-15-29(41)27(39)11-19(25)13-31(43)21-7-17-1-2-18(8-21)33(17)34(46)36(5-6-36)35(47)45-23-3-4-24(45)10-22(9-23)32(44)14-20-12-28(40)30(42)16-26(20)38/h11-12,15-18,21-24,31-33H,1-10,13-14,43-44H2/t17-,18+,21-,22-,23-,24+,31-,32-,33?/m1/s1. The zero-order valence-corrected chi connectivity index (χ0v) is 26.2. The Labute approximate surface area is 270 Å². The highest BCUT2D eigenvalue weighted by Gasteiger charge is 2.64. The summed E-state index contributed by atoms with van der Waals surface area (Å²) in [6, 6.07) is 1.73. The first-order valence-corrected chi connectivity index (χ1v) is 17.0. The van der Waals surface area contributed by atoms with Crippen LogP contribution in [0.5, 0.6) is 0 Å². The van der Waals surface area contributed by atoms with Gasteiger partial charge < -0.3 is 16.4 Å². The maximum atomic E-state index is 14.3. The smallest absolute Gasteiger partial charge is 0.236 e. The van der Waals surface area contributed by atoms with Crippen molar-refractivity contribution in [3.05, 3.63) is 70.3 Å². The normalized spacial score (nSPS) is 31.9. The number of benzene rings is 2. The highest BCUT2D eigenvalue weighted by Crippen LogP contribution is 2.59. The van der Waals surface area contributed by atoms with Crippen molar-refractivity contribution in [2.45, 2.75) is 101 Å². The number of nitrogens with two attached hydrogens (primary N) is 2. The highest BCUT2D eigenvalue weighted by molar-refractivity contribution is 6.10. The van der Waals surface area contributed by atoms with E-state index in [0.29, 0.717) is 50.7 Å². The lowest BCUT2D eigenvalue weighted by Gasteiger charge is -2.43. The molecule has 2 heterocycles. The fourth-order valence-electron chi connectivity index (χ4n) is 9.79. The second-order valence-corrected chi connectivity index (χ2v) is 15.1. The Morgan fingerprint density at radius 1 is 0.660 bits per heavy atom. The number of hydrogen-bond acceptors (Lipinski definition) is 4. The van der Waals surface area contributed by atoms with Crippen molar-refractivity contribution in [3.8, 4) is 0 Å². The topological polar surface area (TPSA) is 89.4 Å². The third-order valence-electron chi connectivity index (χ3n) is 12.4. The zero-order valence-electron chi connectivity index (χ0n) is 26.2. The number of Topliss-reactive ketones (excluding diaryl/α,β-unsaturated/α-hetero) is 1. The van der Waals surface area contributed by atoms with Crippen LogP contribution in [0, 0.1) is 69.9 Å². The number of ketones is 1. The van der Waals surface area contributed by atoms with Crippen LogP contribution in [0.3, 0.4) is 0 Å². The summed E-state index contributed by atoms with van der Waals surface area (Å²) in [5.74, 6) is -6.48. The van der Waals surface area contributed by atoms with Crippen LogP contribution in [0.25, 0.3) is 0 Å². The third kappa shape index (κ3) is 5.79. The molecular formula is C36H41F6N3O2. The summed E-state index contributed by atoms with van der Waals surface area (Å²) in [4.78, 5) is 30.5. The van der Waals surface area contributed by atoms with Crippen molar-refractivity contribution >= 4 is 11.7 Å². The molecule has 4 bridgehead atoms. The summed E-state index contributed by atoms with van der Waals surface area (Å²) in [6.45, 7) is 0. The molecule has 3 saturated carbocycles. The number of hydrogen-bond donors (Lipinski definition) is 2.